The highest BCUT2D eigenvalue weighted by molar-refractivity contribution is 5.88. The van der Waals surface area contributed by atoms with E-state index in [0.29, 0.717) is 19.1 Å². The van der Waals surface area contributed by atoms with Crippen LogP contribution in [0.1, 0.15) is 12.8 Å². The van der Waals surface area contributed by atoms with Crippen molar-refractivity contribution in [1.82, 2.24) is 4.90 Å². The predicted octanol–water partition coefficient (Wildman–Crippen LogP) is 2.94. The minimum Gasteiger partial charge on any atom is -0.490 e. The van der Waals surface area contributed by atoms with E-state index in [1.165, 1.54) is 0 Å². The summed E-state index contributed by atoms with van der Waals surface area (Å²) in [6, 6.07) is 14.2. The molecular formula is C20H27NO3. The summed E-state index contributed by atoms with van der Waals surface area (Å²) in [7, 11) is 2.07. The van der Waals surface area contributed by atoms with Gasteiger partial charge in [0.25, 0.3) is 0 Å². The minimum atomic E-state index is -0.492. The average molecular weight is 329 g/mol. The number of ether oxygens (including phenoxy) is 2. The van der Waals surface area contributed by atoms with Crippen LogP contribution in [0.5, 0.6) is 5.75 Å². The second-order valence-corrected chi connectivity index (χ2v) is 6.72. The Kier molecular flexibility index (Phi) is 6.07. The van der Waals surface area contributed by atoms with E-state index in [-0.39, 0.29) is 0 Å². The number of fused-ring (bicyclic) bond motifs is 1. The van der Waals surface area contributed by atoms with Crippen LogP contribution >= 0.6 is 0 Å². The Balaban J connectivity index is 1.48. The van der Waals surface area contributed by atoms with Gasteiger partial charge in [-0.2, -0.15) is 0 Å². The summed E-state index contributed by atoms with van der Waals surface area (Å²) in [5, 5.41) is 12.5. The summed E-state index contributed by atoms with van der Waals surface area (Å²) in [5.41, 5.74) is 0. The Bertz CT molecular complexity index is 634. The number of benzene rings is 2. The molecule has 0 aliphatic carbocycles. The summed E-state index contributed by atoms with van der Waals surface area (Å²) in [6.07, 6.45) is 1.74. The zero-order valence-corrected chi connectivity index (χ0v) is 14.4. The van der Waals surface area contributed by atoms with Crippen molar-refractivity contribution in [3.05, 3.63) is 42.5 Å². The van der Waals surface area contributed by atoms with E-state index >= 15 is 0 Å². The third-order valence-corrected chi connectivity index (χ3v) is 4.61. The van der Waals surface area contributed by atoms with Gasteiger partial charge in [-0.25, -0.2) is 0 Å². The van der Waals surface area contributed by atoms with E-state index < -0.39 is 6.10 Å². The van der Waals surface area contributed by atoms with Crippen LogP contribution in [0.4, 0.5) is 0 Å². The predicted molar refractivity (Wildman–Crippen MR) is 96.5 cm³/mol. The fourth-order valence-electron chi connectivity index (χ4n) is 3.36. The van der Waals surface area contributed by atoms with Crippen LogP contribution in [0.3, 0.4) is 0 Å². The number of aliphatic hydroxyl groups excluding tert-OH is 1. The molecule has 0 aromatic heterocycles. The number of hydrogen-bond donors (Lipinski definition) is 1. The lowest BCUT2D eigenvalue weighted by Crippen LogP contribution is -2.37. The topological polar surface area (TPSA) is 41.9 Å². The molecule has 0 saturated carbocycles. The summed E-state index contributed by atoms with van der Waals surface area (Å²) in [5.74, 6) is 1.51. The normalized spacial score (nSPS) is 17.3. The summed E-state index contributed by atoms with van der Waals surface area (Å²) in [4.78, 5) is 2.20. The first-order chi connectivity index (χ1) is 11.7. The highest BCUT2D eigenvalue weighted by Crippen LogP contribution is 2.25. The van der Waals surface area contributed by atoms with Crippen molar-refractivity contribution < 1.29 is 14.6 Å². The van der Waals surface area contributed by atoms with Gasteiger partial charge in [-0.3, -0.25) is 0 Å². The van der Waals surface area contributed by atoms with Gasteiger partial charge in [-0.05, 0) is 37.3 Å². The van der Waals surface area contributed by atoms with Gasteiger partial charge in [-0.1, -0.05) is 36.4 Å². The number of nitrogens with zero attached hydrogens (tertiary/aromatic N) is 1. The molecule has 2 aromatic rings. The second-order valence-electron chi connectivity index (χ2n) is 6.72. The van der Waals surface area contributed by atoms with Crippen molar-refractivity contribution in [2.75, 3.05) is 40.0 Å². The summed E-state index contributed by atoms with van der Waals surface area (Å²) < 4.78 is 11.3. The molecule has 1 atom stereocenters. The summed E-state index contributed by atoms with van der Waals surface area (Å²) >= 11 is 0. The molecule has 1 heterocycles. The standard InChI is InChI=1S/C20H27NO3/c1-21(13-16-9-11-23-12-10-16)14-18(22)15-24-20-8-4-6-17-5-2-3-7-19(17)20/h2-8,16,18,22H,9-15H2,1H3. The second kappa shape index (κ2) is 8.47. The van der Waals surface area contributed by atoms with E-state index in [0.717, 1.165) is 49.1 Å². The van der Waals surface area contributed by atoms with E-state index in [9.17, 15) is 5.11 Å². The van der Waals surface area contributed by atoms with Gasteiger partial charge in [-0.15, -0.1) is 0 Å². The largest absolute Gasteiger partial charge is 0.490 e. The minimum absolute atomic E-state index is 0.312. The first kappa shape index (κ1) is 17.2. The zero-order valence-electron chi connectivity index (χ0n) is 14.4. The molecule has 1 fully saturated rings. The summed E-state index contributed by atoms with van der Waals surface area (Å²) in [6.45, 7) is 3.68. The molecule has 4 heteroatoms. The number of rotatable bonds is 7. The lowest BCUT2D eigenvalue weighted by molar-refractivity contribution is 0.0401. The molecule has 1 aliphatic heterocycles. The van der Waals surface area contributed by atoms with Crippen LogP contribution in [-0.4, -0.2) is 56.1 Å². The van der Waals surface area contributed by atoms with Crippen molar-refractivity contribution in [3.8, 4) is 5.75 Å². The monoisotopic (exact) mass is 329 g/mol. The van der Waals surface area contributed by atoms with Crippen LogP contribution in [0, 0.1) is 5.92 Å². The van der Waals surface area contributed by atoms with Gasteiger partial charge in [0, 0.05) is 31.7 Å². The Hall–Kier alpha value is -1.62. The van der Waals surface area contributed by atoms with Crippen LogP contribution < -0.4 is 4.74 Å². The van der Waals surface area contributed by atoms with E-state index in [2.05, 4.69) is 24.1 Å². The van der Waals surface area contributed by atoms with Crippen LogP contribution in [0.15, 0.2) is 42.5 Å². The van der Waals surface area contributed by atoms with Gasteiger partial charge in [0.05, 0.1) is 0 Å². The Morgan fingerprint density at radius 3 is 2.75 bits per heavy atom. The van der Waals surface area contributed by atoms with Crippen molar-refractivity contribution in [1.29, 1.82) is 0 Å². The molecule has 1 saturated heterocycles. The van der Waals surface area contributed by atoms with Gasteiger partial charge < -0.3 is 19.5 Å². The molecular weight excluding hydrogens is 302 g/mol. The Labute approximate surface area is 144 Å². The van der Waals surface area contributed by atoms with Crippen LogP contribution in [-0.2, 0) is 4.74 Å². The fourth-order valence-corrected chi connectivity index (χ4v) is 3.36. The highest BCUT2D eigenvalue weighted by atomic mass is 16.5. The molecule has 3 rings (SSSR count). The van der Waals surface area contributed by atoms with Gasteiger partial charge in [0.2, 0.25) is 0 Å². The Morgan fingerprint density at radius 1 is 1.17 bits per heavy atom. The van der Waals surface area contributed by atoms with E-state index in [4.69, 9.17) is 9.47 Å². The molecule has 130 valence electrons. The van der Waals surface area contributed by atoms with Crippen molar-refractivity contribution >= 4 is 10.8 Å². The first-order valence-electron chi connectivity index (χ1n) is 8.77. The SMILES string of the molecule is CN(CC(O)COc1cccc2ccccc12)CC1CCOCC1. The van der Waals surface area contributed by atoms with Crippen molar-refractivity contribution in [2.45, 2.75) is 18.9 Å². The van der Waals surface area contributed by atoms with Crippen LogP contribution in [0.2, 0.25) is 0 Å². The maximum absolute atomic E-state index is 10.3. The maximum atomic E-state index is 10.3. The third kappa shape index (κ3) is 4.69. The quantitative estimate of drug-likeness (QED) is 0.848. The molecule has 2 aromatic carbocycles. The third-order valence-electron chi connectivity index (χ3n) is 4.61. The number of hydrogen-bond acceptors (Lipinski definition) is 4. The zero-order chi connectivity index (χ0) is 16.8. The van der Waals surface area contributed by atoms with Crippen molar-refractivity contribution in [2.24, 2.45) is 5.92 Å². The lowest BCUT2D eigenvalue weighted by atomic mass is 10.00. The maximum Gasteiger partial charge on any atom is 0.127 e. The average Bonchev–Trinajstić information content (AvgIpc) is 2.60. The molecule has 0 bridgehead atoms. The van der Waals surface area contributed by atoms with Gasteiger partial charge >= 0.3 is 0 Å². The molecule has 0 amide bonds. The van der Waals surface area contributed by atoms with E-state index in [1.807, 2.05) is 30.3 Å². The van der Waals surface area contributed by atoms with Gasteiger partial charge in [0.1, 0.15) is 18.5 Å². The number of likely N-dealkylation sites (N-methyl/N-ethyl adjacent to an activating group) is 1. The van der Waals surface area contributed by atoms with Crippen molar-refractivity contribution in [3.63, 3.8) is 0 Å². The molecule has 1 unspecified atom stereocenters. The Morgan fingerprint density at radius 2 is 1.92 bits per heavy atom. The molecule has 4 nitrogen and oxygen atoms in total. The van der Waals surface area contributed by atoms with Crippen LogP contribution in [0.25, 0.3) is 10.8 Å². The van der Waals surface area contributed by atoms with Gasteiger partial charge in [0.15, 0.2) is 0 Å². The molecule has 0 spiro atoms. The van der Waals surface area contributed by atoms with E-state index in [1.54, 1.807) is 0 Å². The lowest BCUT2D eigenvalue weighted by Gasteiger charge is -2.28. The highest BCUT2D eigenvalue weighted by Gasteiger charge is 2.17. The molecule has 1 N–H and O–H groups in total. The fraction of sp³-hybridized carbons (Fsp3) is 0.500. The molecule has 0 radical (unpaired) electrons. The smallest absolute Gasteiger partial charge is 0.127 e. The number of aliphatic hydroxyl groups is 1. The first-order valence-corrected chi connectivity index (χ1v) is 8.77. The molecule has 1 aliphatic rings. The molecule has 24 heavy (non-hydrogen) atoms.